The van der Waals surface area contributed by atoms with E-state index < -0.39 is 22.8 Å². The van der Waals surface area contributed by atoms with Crippen LogP contribution in [0.25, 0.3) is 0 Å². The molecule has 0 amide bonds. The number of hydrogen-bond acceptors (Lipinski definition) is 4. The van der Waals surface area contributed by atoms with Crippen LogP contribution in [-0.4, -0.2) is 26.2 Å². The molecule has 1 aliphatic carbocycles. The molecule has 4 heteroatoms. The molecule has 0 saturated heterocycles. The van der Waals surface area contributed by atoms with Crippen LogP contribution in [0.2, 0.25) is 0 Å². The van der Waals surface area contributed by atoms with Crippen molar-refractivity contribution in [2.75, 3.05) is 14.2 Å². The van der Waals surface area contributed by atoms with Crippen LogP contribution in [0, 0.1) is 10.8 Å². The van der Waals surface area contributed by atoms with E-state index in [0.29, 0.717) is 0 Å². The fraction of sp³-hybridized carbons (Fsp3) is 0.500. The maximum atomic E-state index is 11.8. The number of carbonyl (C=O) groups excluding carboxylic acids is 2. The van der Waals surface area contributed by atoms with E-state index in [4.69, 9.17) is 9.47 Å². The second-order valence-electron chi connectivity index (χ2n) is 4.11. The van der Waals surface area contributed by atoms with Crippen LogP contribution in [0.5, 0.6) is 0 Å². The largest absolute Gasteiger partial charge is 0.468 e. The van der Waals surface area contributed by atoms with E-state index in [1.165, 1.54) is 14.2 Å². The zero-order valence-electron chi connectivity index (χ0n) is 9.94. The molecule has 0 N–H and O–H groups in total. The molecule has 2 atom stereocenters. The van der Waals surface area contributed by atoms with E-state index in [9.17, 15) is 9.59 Å². The summed E-state index contributed by atoms with van der Waals surface area (Å²) >= 11 is 0. The summed E-state index contributed by atoms with van der Waals surface area (Å²) in [6.07, 6.45) is 6.77. The van der Waals surface area contributed by atoms with Crippen molar-refractivity contribution in [3.05, 3.63) is 24.3 Å². The molecule has 0 aromatic heterocycles. The van der Waals surface area contributed by atoms with Gasteiger partial charge in [-0.25, -0.2) is 0 Å². The molecule has 0 aliphatic heterocycles. The number of ether oxygens (including phenoxy) is 2. The standard InChI is InChI=1S/C12H16O4/c1-11(9(13)15-3)7-5-6-8-12(11,2)10(14)16-4/h5-8H,1-4H3/t11-,12+. The third kappa shape index (κ3) is 1.54. The van der Waals surface area contributed by atoms with Gasteiger partial charge in [-0.15, -0.1) is 0 Å². The molecule has 0 aromatic carbocycles. The predicted octanol–water partition coefficient (Wildman–Crippen LogP) is 1.47. The lowest BCUT2D eigenvalue weighted by molar-refractivity contribution is -0.167. The van der Waals surface area contributed by atoms with Gasteiger partial charge in [0.25, 0.3) is 0 Å². The molecule has 0 radical (unpaired) electrons. The summed E-state index contributed by atoms with van der Waals surface area (Å²) in [4.78, 5) is 23.6. The molecule has 0 aromatic rings. The first-order chi connectivity index (χ1) is 7.42. The van der Waals surface area contributed by atoms with E-state index in [2.05, 4.69) is 0 Å². The molecule has 0 heterocycles. The second-order valence-corrected chi connectivity index (χ2v) is 4.11. The highest BCUT2D eigenvalue weighted by Crippen LogP contribution is 2.45. The number of carbonyl (C=O) groups is 2. The van der Waals surface area contributed by atoms with Crippen LogP contribution in [0.4, 0.5) is 0 Å². The van der Waals surface area contributed by atoms with Crippen LogP contribution in [0.3, 0.4) is 0 Å². The van der Waals surface area contributed by atoms with Gasteiger partial charge in [0.05, 0.1) is 14.2 Å². The summed E-state index contributed by atoms with van der Waals surface area (Å²) in [7, 11) is 2.61. The van der Waals surface area contributed by atoms with Crippen molar-refractivity contribution in [3.8, 4) is 0 Å². The Morgan fingerprint density at radius 2 is 1.19 bits per heavy atom. The van der Waals surface area contributed by atoms with Crippen LogP contribution >= 0.6 is 0 Å². The maximum Gasteiger partial charge on any atom is 0.316 e. The lowest BCUT2D eigenvalue weighted by atomic mass is 9.63. The first-order valence-electron chi connectivity index (χ1n) is 4.96. The summed E-state index contributed by atoms with van der Waals surface area (Å²) in [6, 6.07) is 0. The molecule has 0 bridgehead atoms. The van der Waals surface area contributed by atoms with Gasteiger partial charge >= 0.3 is 11.9 Å². The average Bonchev–Trinajstić information content (AvgIpc) is 2.30. The number of allylic oxidation sites excluding steroid dienone is 2. The first kappa shape index (κ1) is 12.5. The fourth-order valence-electron chi connectivity index (χ4n) is 1.83. The van der Waals surface area contributed by atoms with E-state index in [1.807, 2.05) is 0 Å². The normalized spacial score (nSPS) is 32.2. The number of rotatable bonds is 2. The molecule has 16 heavy (non-hydrogen) atoms. The van der Waals surface area contributed by atoms with Crippen molar-refractivity contribution in [1.29, 1.82) is 0 Å². The molecule has 0 saturated carbocycles. The number of esters is 2. The van der Waals surface area contributed by atoms with Gasteiger partial charge in [0, 0.05) is 0 Å². The minimum absolute atomic E-state index is 0.457. The van der Waals surface area contributed by atoms with Gasteiger partial charge in [-0.05, 0) is 13.8 Å². The summed E-state index contributed by atoms with van der Waals surface area (Å²) in [5, 5.41) is 0. The Kier molecular flexibility index (Phi) is 3.21. The highest BCUT2D eigenvalue weighted by atomic mass is 16.5. The summed E-state index contributed by atoms with van der Waals surface area (Å²) in [6.45, 7) is 3.32. The average molecular weight is 224 g/mol. The van der Waals surface area contributed by atoms with Gasteiger partial charge in [-0.1, -0.05) is 24.3 Å². The monoisotopic (exact) mass is 224 g/mol. The Bertz CT molecular complexity index is 333. The summed E-state index contributed by atoms with van der Waals surface area (Å²) < 4.78 is 9.50. The first-order valence-corrected chi connectivity index (χ1v) is 4.96. The van der Waals surface area contributed by atoms with Crippen LogP contribution in [0.15, 0.2) is 24.3 Å². The SMILES string of the molecule is COC(=O)[C@]1(C)C=CC=C[C@]1(C)C(=O)OC. The lowest BCUT2D eigenvalue weighted by Crippen LogP contribution is -2.48. The zero-order chi connectivity index (χ0) is 12.4. The maximum absolute atomic E-state index is 11.8. The van der Waals surface area contributed by atoms with Gasteiger partial charge < -0.3 is 9.47 Å². The van der Waals surface area contributed by atoms with Crippen molar-refractivity contribution in [1.82, 2.24) is 0 Å². The second kappa shape index (κ2) is 4.12. The molecule has 0 unspecified atom stereocenters. The van der Waals surface area contributed by atoms with E-state index in [-0.39, 0.29) is 0 Å². The molecule has 1 rings (SSSR count). The third-order valence-corrected chi connectivity index (χ3v) is 3.27. The van der Waals surface area contributed by atoms with Gasteiger partial charge in [0.2, 0.25) is 0 Å². The molecular weight excluding hydrogens is 208 g/mol. The van der Waals surface area contributed by atoms with Crippen molar-refractivity contribution >= 4 is 11.9 Å². The Labute approximate surface area is 94.9 Å². The highest BCUT2D eigenvalue weighted by molar-refractivity contribution is 5.91. The van der Waals surface area contributed by atoms with Gasteiger partial charge in [0.15, 0.2) is 0 Å². The predicted molar refractivity (Wildman–Crippen MR) is 58.5 cm³/mol. The number of hydrogen-bond donors (Lipinski definition) is 0. The minimum Gasteiger partial charge on any atom is -0.468 e. The molecule has 0 fully saturated rings. The third-order valence-electron chi connectivity index (χ3n) is 3.27. The molecule has 88 valence electrons. The minimum atomic E-state index is -1.04. The van der Waals surface area contributed by atoms with Crippen molar-refractivity contribution in [2.45, 2.75) is 13.8 Å². The van der Waals surface area contributed by atoms with Gasteiger partial charge in [0.1, 0.15) is 10.8 Å². The Hall–Kier alpha value is -1.58. The zero-order valence-corrected chi connectivity index (χ0v) is 9.94. The topological polar surface area (TPSA) is 52.6 Å². The Morgan fingerprint density at radius 3 is 1.44 bits per heavy atom. The lowest BCUT2D eigenvalue weighted by Gasteiger charge is -2.39. The fourth-order valence-corrected chi connectivity index (χ4v) is 1.83. The molecule has 0 spiro atoms. The van der Waals surface area contributed by atoms with Crippen molar-refractivity contribution in [2.24, 2.45) is 10.8 Å². The van der Waals surface area contributed by atoms with E-state index >= 15 is 0 Å². The van der Waals surface area contributed by atoms with Crippen molar-refractivity contribution in [3.63, 3.8) is 0 Å². The Morgan fingerprint density at radius 1 is 0.875 bits per heavy atom. The molecule has 1 aliphatic rings. The van der Waals surface area contributed by atoms with Gasteiger partial charge in [-0.2, -0.15) is 0 Å². The number of methoxy groups -OCH3 is 2. The quantitative estimate of drug-likeness (QED) is 0.666. The summed E-state index contributed by atoms with van der Waals surface area (Å²) in [5.74, 6) is -0.915. The van der Waals surface area contributed by atoms with Crippen LogP contribution < -0.4 is 0 Å². The van der Waals surface area contributed by atoms with Crippen LogP contribution in [0.1, 0.15) is 13.8 Å². The smallest absolute Gasteiger partial charge is 0.316 e. The van der Waals surface area contributed by atoms with Crippen molar-refractivity contribution < 1.29 is 19.1 Å². The van der Waals surface area contributed by atoms with E-state index in [1.54, 1.807) is 38.2 Å². The van der Waals surface area contributed by atoms with E-state index in [0.717, 1.165) is 0 Å². The Balaban J connectivity index is 3.25. The molecular formula is C12H16O4. The van der Waals surface area contributed by atoms with Gasteiger partial charge in [-0.3, -0.25) is 9.59 Å². The van der Waals surface area contributed by atoms with Crippen LogP contribution in [-0.2, 0) is 19.1 Å². The summed E-state index contributed by atoms with van der Waals surface area (Å²) in [5.41, 5.74) is -2.08. The molecule has 4 nitrogen and oxygen atoms in total. The highest BCUT2D eigenvalue weighted by Gasteiger charge is 2.54.